The highest BCUT2D eigenvalue weighted by atomic mass is 35.5. The van der Waals surface area contributed by atoms with Crippen molar-refractivity contribution in [3.63, 3.8) is 0 Å². The number of aryl methyl sites for hydroxylation is 1. The fourth-order valence-corrected chi connectivity index (χ4v) is 2.12. The Morgan fingerprint density at radius 3 is 2.55 bits per heavy atom. The van der Waals surface area contributed by atoms with Crippen molar-refractivity contribution in [2.75, 3.05) is 0 Å². The molecule has 118 valence electrons. The van der Waals surface area contributed by atoms with E-state index in [0.717, 1.165) is 7.05 Å². The lowest BCUT2D eigenvalue weighted by Crippen LogP contribution is -2.12. The van der Waals surface area contributed by atoms with Crippen LogP contribution in [-0.2, 0) is 13.2 Å². The Labute approximate surface area is 127 Å². The summed E-state index contributed by atoms with van der Waals surface area (Å²) < 4.78 is 44.2. The molecule has 22 heavy (non-hydrogen) atoms. The molecule has 1 heterocycles. The van der Waals surface area contributed by atoms with E-state index in [2.05, 4.69) is 5.10 Å². The number of Topliss-reactive ketones (excluding diaryl/α,β-unsaturated/α-hetero) is 1. The van der Waals surface area contributed by atoms with E-state index in [9.17, 15) is 23.1 Å². The van der Waals surface area contributed by atoms with E-state index in [-0.39, 0.29) is 17.1 Å². The summed E-state index contributed by atoms with van der Waals surface area (Å²) in [6, 6.07) is 3.66. The van der Waals surface area contributed by atoms with Crippen LogP contribution in [0.5, 0.6) is 17.4 Å². The Morgan fingerprint density at radius 1 is 1.41 bits per heavy atom. The molecule has 0 aliphatic carbocycles. The Hall–Kier alpha value is -2.22. The molecule has 1 aromatic carbocycles. The van der Waals surface area contributed by atoms with E-state index in [1.165, 1.54) is 25.1 Å². The Balaban J connectivity index is 2.41. The highest BCUT2D eigenvalue weighted by Gasteiger charge is 2.39. The lowest BCUT2D eigenvalue weighted by molar-refractivity contribution is -0.143. The number of benzene rings is 1. The average molecular weight is 335 g/mol. The molecule has 0 fully saturated rings. The third kappa shape index (κ3) is 3.01. The summed E-state index contributed by atoms with van der Waals surface area (Å²) in [7, 11) is 1.08. The molecule has 0 saturated carbocycles. The summed E-state index contributed by atoms with van der Waals surface area (Å²) in [6.07, 6.45) is -4.68. The third-order valence-corrected chi connectivity index (χ3v) is 3.13. The second kappa shape index (κ2) is 5.53. The normalized spacial score (nSPS) is 11.5. The van der Waals surface area contributed by atoms with Gasteiger partial charge in [0, 0.05) is 7.05 Å². The van der Waals surface area contributed by atoms with Gasteiger partial charge in [-0.1, -0.05) is 11.6 Å². The molecule has 0 unspecified atom stereocenters. The Kier molecular flexibility index (Phi) is 4.06. The SMILES string of the molecule is CC(=O)c1cc(Oc2nn(C)c(C(F)(F)F)c2Cl)ccc1O. The number of aromatic nitrogens is 2. The zero-order valence-electron chi connectivity index (χ0n) is 11.4. The number of ketones is 1. The second-order valence-corrected chi connectivity index (χ2v) is 4.80. The van der Waals surface area contributed by atoms with Gasteiger partial charge in [-0.15, -0.1) is 5.10 Å². The van der Waals surface area contributed by atoms with Gasteiger partial charge in [0.05, 0.1) is 5.56 Å². The van der Waals surface area contributed by atoms with Crippen molar-refractivity contribution in [1.29, 1.82) is 0 Å². The quantitative estimate of drug-likeness (QED) is 0.867. The van der Waals surface area contributed by atoms with Crippen LogP contribution in [0.25, 0.3) is 0 Å². The van der Waals surface area contributed by atoms with Gasteiger partial charge in [-0.25, -0.2) is 0 Å². The minimum absolute atomic E-state index is 0.0247. The molecule has 0 amide bonds. The maximum absolute atomic E-state index is 12.8. The van der Waals surface area contributed by atoms with Crippen molar-refractivity contribution in [1.82, 2.24) is 9.78 Å². The van der Waals surface area contributed by atoms with Crippen molar-refractivity contribution < 1.29 is 27.8 Å². The molecule has 2 aromatic rings. The van der Waals surface area contributed by atoms with Gasteiger partial charge in [-0.3, -0.25) is 9.48 Å². The van der Waals surface area contributed by atoms with Gasteiger partial charge in [0.2, 0.25) is 0 Å². The molecule has 0 atom stereocenters. The highest BCUT2D eigenvalue weighted by molar-refractivity contribution is 6.32. The monoisotopic (exact) mass is 334 g/mol. The number of hydrogen-bond donors (Lipinski definition) is 1. The van der Waals surface area contributed by atoms with E-state index in [4.69, 9.17) is 16.3 Å². The van der Waals surface area contributed by atoms with Crippen molar-refractivity contribution in [3.8, 4) is 17.4 Å². The zero-order valence-corrected chi connectivity index (χ0v) is 12.2. The topological polar surface area (TPSA) is 64.3 Å². The van der Waals surface area contributed by atoms with Gasteiger partial charge in [0.15, 0.2) is 11.5 Å². The number of alkyl halides is 3. The molecule has 0 saturated heterocycles. The van der Waals surface area contributed by atoms with Crippen molar-refractivity contribution in [3.05, 3.63) is 34.5 Å². The molecule has 2 rings (SSSR count). The molecule has 9 heteroatoms. The number of phenolic OH excluding ortho intramolecular Hbond substituents is 1. The van der Waals surface area contributed by atoms with E-state index in [1.807, 2.05) is 0 Å². The first-order chi connectivity index (χ1) is 10.1. The molecular weight excluding hydrogens is 325 g/mol. The molecule has 0 radical (unpaired) electrons. The molecule has 1 N–H and O–H groups in total. The van der Waals surface area contributed by atoms with E-state index < -0.39 is 28.6 Å². The van der Waals surface area contributed by atoms with E-state index >= 15 is 0 Å². The summed E-state index contributed by atoms with van der Waals surface area (Å²) in [4.78, 5) is 11.3. The number of phenols is 1. The number of aromatic hydroxyl groups is 1. The van der Waals surface area contributed by atoms with Crippen LogP contribution in [0.2, 0.25) is 5.02 Å². The summed E-state index contributed by atoms with van der Waals surface area (Å²) >= 11 is 5.65. The third-order valence-electron chi connectivity index (χ3n) is 2.79. The Bertz CT molecular complexity index is 741. The standard InChI is InChI=1S/C13H10ClF3N2O3/c1-6(20)8-5-7(3-4-9(8)21)22-12-10(14)11(13(15,16)17)19(2)18-12/h3-5,21H,1-2H3. The molecule has 0 aliphatic rings. The summed E-state index contributed by atoms with van der Waals surface area (Å²) in [6.45, 7) is 1.23. The lowest BCUT2D eigenvalue weighted by atomic mass is 10.1. The van der Waals surface area contributed by atoms with Gasteiger partial charge in [-0.2, -0.15) is 13.2 Å². The van der Waals surface area contributed by atoms with Gasteiger partial charge in [0.25, 0.3) is 5.88 Å². The maximum atomic E-state index is 12.8. The summed E-state index contributed by atoms with van der Waals surface area (Å²) in [5, 5.41) is 12.4. The van der Waals surface area contributed by atoms with Crippen LogP contribution < -0.4 is 4.74 Å². The van der Waals surface area contributed by atoms with Crippen molar-refractivity contribution in [2.45, 2.75) is 13.1 Å². The van der Waals surface area contributed by atoms with Crippen molar-refractivity contribution in [2.24, 2.45) is 7.05 Å². The fourth-order valence-electron chi connectivity index (χ4n) is 1.82. The number of halogens is 4. The second-order valence-electron chi connectivity index (χ2n) is 4.43. The predicted molar refractivity (Wildman–Crippen MR) is 71.4 cm³/mol. The van der Waals surface area contributed by atoms with Gasteiger partial charge in [0.1, 0.15) is 16.5 Å². The maximum Gasteiger partial charge on any atom is 0.434 e. The molecule has 5 nitrogen and oxygen atoms in total. The first-order valence-electron chi connectivity index (χ1n) is 5.92. The van der Waals surface area contributed by atoms with Gasteiger partial charge in [-0.05, 0) is 25.1 Å². The number of carbonyl (C=O) groups is 1. The highest BCUT2D eigenvalue weighted by Crippen LogP contribution is 2.40. The molecular formula is C13H10ClF3N2O3. The number of carbonyl (C=O) groups excluding carboxylic acids is 1. The minimum Gasteiger partial charge on any atom is -0.507 e. The van der Waals surface area contributed by atoms with Gasteiger partial charge >= 0.3 is 6.18 Å². The molecule has 0 spiro atoms. The number of ether oxygens (including phenoxy) is 1. The first kappa shape index (κ1) is 16.2. The molecule has 0 bridgehead atoms. The van der Waals surface area contributed by atoms with Crippen LogP contribution in [0.3, 0.4) is 0 Å². The fraction of sp³-hybridized carbons (Fsp3) is 0.231. The van der Waals surface area contributed by atoms with E-state index in [0.29, 0.717) is 4.68 Å². The minimum atomic E-state index is -4.68. The number of rotatable bonds is 3. The van der Waals surface area contributed by atoms with E-state index in [1.54, 1.807) is 0 Å². The van der Waals surface area contributed by atoms with Crippen molar-refractivity contribution >= 4 is 17.4 Å². The number of hydrogen-bond acceptors (Lipinski definition) is 4. The average Bonchev–Trinajstić information content (AvgIpc) is 2.65. The van der Waals surface area contributed by atoms with Crippen LogP contribution in [0.1, 0.15) is 23.0 Å². The van der Waals surface area contributed by atoms with Crippen LogP contribution in [0.15, 0.2) is 18.2 Å². The lowest BCUT2D eigenvalue weighted by Gasteiger charge is -2.07. The summed E-state index contributed by atoms with van der Waals surface area (Å²) in [5.74, 6) is -1.11. The predicted octanol–water partition coefficient (Wildman–Crippen LogP) is 3.79. The first-order valence-corrected chi connectivity index (χ1v) is 6.30. The zero-order chi connectivity index (χ0) is 16.7. The van der Waals surface area contributed by atoms with Gasteiger partial charge < -0.3 is 9.84 Å². The van der Waals surface area contributed by atoms with Crippen LogP contribution >= 0.6 is 11.6 Å². The van der Waals surface area contributed by atoms with Crippen LogP contribution in [0.4, 0.5) is 13.2 Å². The summed E-state index contributed by atoms with van der Waals surface area (Å²) in [5.41, 5.74) is -1.17. The smallest absolute Gasteiger partial charge is 0.434 e. The van der Waals surface area contributed by atoms with Crippen LogP contribution in [0, 0.1) is 0 Å². The molecule has 1 aromatic heterocycles. The van der Waals surface area contributed by atoms with Crippen LogP contribution in [-0.4, -0.2) is 20.7 Å². The Morgan fingerprint density at radius 2 is 2.05 bits per heavy atom. The molecule has 0 aliphatic heterocycles. The number of nitrogens with zero attached hydrogens (tertiary/aromatic N) is 2. The largest absolute Gasteiger partial charge is 0.507 e.